The highest BCUT2D eigenvalue weighted by molar-refractivity contribution is 7.86. The first-order valence-corrected chi connectivity index (χ1v) is 10.7. The maximum atomic E-state index is 12.3. The summed E-state index contributed by atoms with van der Waals surface area (Å²) in [6.07, 6.45) is -0.629. The molecule has 1 aliphatic rings. The molecular formula is C18H17Cl3O5S. The topological polar surface area (TPSA) is 61.8 Å². The van der Waals surface area contributed by atoms with Crippen LogP contribution in [0.15, 0.2) is 47.4 Å². The lowest BCUT2D eigenvalue weighted by atomic mass is 10.1. The molecule has 0 aromatic heterocycles. The first-order valence-electron chi connectivity index (χ1n) is 8.05. The van der Waals surface area contributed by atoms with Crippen molar-refractivity contribution >= 4 is 44.9 Å². The van der Waals surface area contributed by atoms with E-state index in [1.54, 1.807) is 30.3 Å². The molecule has 27 heavy (non-hydrogen) atoms. The zero-order valence-electron chi connectivity index (χ0n) is 14.3. The molecule has 0 spiro atoms. The van der Waals surface area contributed by atoms with Crippen LogP contribution in [0.5, 0.6) is 0 Å². The summed E-state index contributed by atoms with van der Waals surface area (Å²) >= 11 is 18.2. The van der Waals surface area contributed by atoms with Gasteiger partial charge in [-0.15, -0.1) is 11.6 Å². The molecule has 0 aliphatic carbocycles. The van der Waals surface area contributed by atoms with Gasteiger partial charge in [0.2, 0.25) is 5.79 Å². The Morgan fingerprint density at radius 3 is 2.52 bits per heavy atom. The maximum Gasteiger partial charge on any atom is 0.297 e. The van der Waals surface area contributed by atoms with Gasteiger partial charge >= 0.3 is 0 Å². The second kappa shape index (κ2) is 8.25. The molecule has 3 rings (SSSR count). The Morgan fingerprint density at radius 2 is 1.89 bits per heavy atom. The number of rotatable bonds is 6. The predicted molar refractivity (Wildman–Crippen MR) is 104 cm³/mol. The van der Waals surface area contributed by atoms with Gasteiger partial charge < -0.3 is 9.47 Å². The van der Waals surface area contributed by atoms with Crippen molar-refractivity contribution in [1.82, 2.24) is 0 Å². The van der Waals surface area contributed by atoms with E-state index in [2.05, 4.69) is 0 Å². The molecule has 0 unspecified atom stereocenters. The van der Waals surface area contributed by atoms with Gasteiger partial charge in [0, 0.05) is 10.6 Å². The van der Waals surface area contributed by atoms with Crippen LogP contribution in [0, 0.1) is 6.92 Å². The second-order valence-corrected chi connectivity index (χ2v) is 8.84. The molecule has 1 fully saturated rings. The minimum atomic E-state index is -3.90. The minimum absolute atomic E-state index is 0.0322. The highest BCUT2D eigenvalue weighted by atomic mass is 35.5. The summed E-state index contributed by atoms with van der Waals surface area (Å²) in [6.45, 7) is 1.77. The van der Waals surface area contributed by atoms with Crippen LogP contribution in [0.25, 0.3) is 0 Å². The van der Waals surface area contributed by atoms with E-state index in [9.17, 15) is 8.42 Å². The summed E-state index contributed by atoms with van der Waals surface area (Å²) in [5, 5.41) is 0.813. The Morgan fingerprint density at radius 1 is 1.19 bits per heavy atom. The molecule has 1 heterocycles. The third kappa shape index (κ3) is 4.59. The molecular weight excluding hydrogens is 435 g/mol. The van der Waals surface area contributed by atoms with E-state index < -0.39 is 22.0 Å². The summed E-state index contributed by atoms with van der Waals surface area (Å²) in [5.74, 6) is -1.32. The van der Waals surface area contributed by atoms with Crippen molar-refractivity contribution in [2.45, 2.75) is 23.7 Å². The fourth-order valence-corrected chi connectivity index (χ4v) is 4.44. The molecule has 1 aliphatic heterocycles. The number of halogens is 3. The number of ether oxygens (including phenoxy) is 2. The number of aryl methyl sites for hydroxylation is 1. The molecule has 0 radical (unpaired) electrons. The van der Waals surface area contributed by atoms with E-state index in [1.807, 2.05) is 6.92 Å². The first-order chi connectivity index (χ1) is 12.8. The molecule has 1 saturated heterocycles. The molecule has 9 heteroatoms. The molecule has 0 bridgehead atoms. The van der Waals surface area contributed by atoms with Gasteiger partial charge in [0.25, 0.3) is 10.1 Å². The Kier molecular flexibility index (Phi) is 6.37. The monoisotopic (exact) mass is 450 g/mol. The Balaban J connectivity index is 1.70. The SMILES string of the molecule is Cc1ccc(S(=O)(=O)OC[C@H]2CO[C@](CCl)(c3ccc(Cl)cc3Cl)O2)cc1. The predicted octanol–water partition coefficient (Wildman–Crippen LogP) is 4.51. The number of alkyl halides is 1. The van der Waals surface area contributed by atoms with Crippen molar-refractivity contribution in [3.63, 3.8) is 0 Å². The van der Waals surface area contributed by atoms with E-state index in [4.69, 9.17) is 48.5 Å². The first kappa shape index (κ1) is 20.9. The molecule has 2 aromatic rings. The fourth-order valence-electron chi connectivity index (χ4n) is 2.67. The van der Waals surface area contributed by atoms with Gasteiger partial charge in [0.15, 0.2) is 0 Å². The Labute approximate surface area is 173 Å². The lowest BCUT2D eigenvalue weighted by Gasteiger charge is -2.27. The molecule has 2 aromatic carbocycles. The van der Waals surface area contributed by atoms with E-state index in [0.717, 1.165) is 5.56 Å². The third-order valence-electron chi connectivity index (χ3n) is 4.10. The van der Waals surface area contributed by atoms with E-state index in [1.165, 1.54) is 12.1 Å². The van der Waals surface area contributed by atoms with Crippen molar-refractivity contribution in [2.75, 3.05) is 19.1 Å². The van der Waals surface area contributed by atoms with Crippen molar-refractivity contribution in [2.24, 2.45) is 0 Å². The van der Waals surface area contributed by atoms with E-state index in [0.29, 0.717) is 15.6 Å². The number of hydrogen-bond donors (Lipinski definition) is 0. The van der Waals surface area contributed by atoms with Gasteiger partial charge in [-0.2, -0.15) is 8.42 Å². The van der Waals surface area contributed by atoms with Gasteiger partial charge in [-0.05, 0) is 31.2 Å². The van der Waals surface area contributed by atoms with E-state index in [-0.39, 0.29) is 24.0 Å². The van der Waals surface area contributed by atoms with Gasteiger partial charge in [-0.25, -0.2) is 0 Å². The minimum Gasteiger partial charge on any atom is -0.342 e. The van der Waals surface area contributed by atoms with E-state index >= 15 is 0 Å². The fraction of sp³-hybridized carbons (Fsp3) is 0.333. The van der Waals surface area contributed by atoms with Gasteiger partial charge in [0.05, 0.1) is 29.0 Å². The van der Waals surface area contributed by atoms with Crippen LogP contribution in [0.2, 0.25) is 10.0 Å². The van der Waals surface area contributed by atoms with Crippen molar-refractivity contribution in [3.8, 4) is 0 Å². The summed E-state index contributed by atoms with van der Waals surface area (Å²) in [6, 6.07) is 11.3. The van der Waals surface area contributed by atoms with Gasteiger partial charge in [-0.1, -0.05) is 47.0 Å². The average molecular weight is 452 g/mol. The molecule has 0 N–H and O–H groups in total. The van der Waals surface area contributed by atoms with Crippen LogP contribution in [0.1, 0.15) is 11.1 Å². The van der Waals surface area contributed by atoms with Crippen LogP contribution >= 0.6 is 34.8 Å². The van der Waals surface area contributed by atoms with Crippen LogP contribution < -0.4 is 0 Å². The van der Waals surface area contributed by atoms with Crippen LogP contribution in [0.3, 0.4) is 0 Å². The lowest BCUT2D eigenvalue weighted by molar-refractivity contribution is -0.161. The summed E-state index contributed by atoms with van der Waals surface area (Å²) in [4.78, 5) is 0.0800. The van der Waals surface area contributed by atoms with Gasteiger partial charge in [-0.3, -0.25) is 4.18 Å². The lowest BCUT2D eigenvalue weighted by Crippen LogP contribution is -2.31. The maximum absolute atomic E-state index is 12.3. The largest absolute Gasteiger partial charge is 0.342 e. The molecule has 5 nitrogen and oxygen atoms in total. The number of hydrogen-bond acceptors (Lipinski definition) is 5. The molecule has 2 atom stereocenters. The Hall–Kier alpha value is -0.860. The van der Waals surface area contributed by atoms with Gasteiger partial charge in [0.1, 0.15) is 6.10 Å². The molecule has 0 saturated carbocycles. The average Bonchev–Trinajstić information content (AvgIpc) is 3.05. The van der Waals surface area contributed by atoms with Crippen molar-refractivity contribution < 1.29 is 22.1 Å². The summed E-state index contributed by atoms with van der Waals surface area (Å²) in [7, 11) is -3.90. The summed E-state index contributed by atoms with van der Waals surface area (Å²) in [5.41, 5.74) is 1.47. The standard InChI is InChI=1S/C18H17Cl3O5S/c1-12-2-5-15(6-3-12)27(22,23)25-10-14-9-24-18(11-19,26-14)16-7-4-13(20)8-17(16)21/h2-8,14H,9-11H2,1H3/t14-,18+/m1/s1. The highest BCUT2D eigenvalue weighted by Crippen LogP contribution is 2.40. The van der Waals surface area contributed by atoms with Crippen LogP contribution in [-0.2, 0) is 29.6 Å². The van der Waals surface area contributed by atoms with Crippen molar-refractivity contribution in [3.05, 3.63) is 63.6 Å². The second-order valence-electron chi connectivity index (χ2n) is 6.11. The van der Waals surface area contributed by atoms with Crippen LogP contribution in [-0.4, -0.2) is 33.6 Å². The summed E-state index contributed by atoms with van der Waals surface area (Å²) < 4.78 is 41.4. The normalized spacial score (nSPS) is 22.9. The zero-order valence-corrected chi connectivity index (χ0v) is 17.4. The quantitative estimate of drug-likeness (QED) is 0.477. The zero-order chi connectivity index (χ0) is 19.7. The van der Waals surface area contributed by atoms with Crippen LogP contribution in [0.4, 0.5) is 0 Å². The molecule has 146 valence electrons. The molecule has 0 amide bonds. The third-order valence-corrected chi connectivity index (χ3v) is 6.29. The highest BCUT2D eigenvalue weighted by Gasteiger charge is 2.44. The van der Waals surface area contributed by atoms with Crippen molar-refractivity contribution in [1.29, 1.82) is 0 Å². The smallest absolute Gasteiger partial charge is 0.297 e. The number of benzene rings is 2. The Bertz CT molecular complexity index is 917.